The molecule has 3 rings (SSSR count). The Hall–Kier alpha value is -3.19. The van der Waals surface area contributed by atoms with E-state index in [2.05, 4.69) is 10.3 Å². The molecule has 0 aliphatic carbocycles. The highest BCUT2D eigenvalue weighted by atomic mass is 32.1. The van der Waals surface area contributed by atoms with Crippen molar-refractivity contribution in [1.82, 2.24) is 10.3 Å². The number of benzene rings is 2. The SMILES string of the molecule is CCOc1ccc(-c2nc(C)c(C(=O)NC(C(=O)OC)c3ccccc3)s2)cc1. The lowest BCUT2D eigenvalue weighted by Crippen LogP contribution is -2.34. The van der Waals surface area contributed by atoms with Crippen molar-refractivity contribution in [3.8, 4) is 16.3 Å². The molecule has 1 atom stereocenters. The van der Waals surface area contributed by atoms with Gasteiger partial charge in [0.1, 0.15) is 15.6 Å². The summed E-state index contributed by atoms with van der Waals surface area (Å²) in [6, 6.07) is 15.7. The van der Waals surface area contributed by atoms with Crippen molar-refractivity contribution in [3.63, 3.8) is 0 Å². The number of esters is 1. The van der Waals surface area contributed by atoms with Gasteiger partial charge in [-0.05, 0) is 43.7 Å². The average molecular weight is 410 g/mol. The van der Waals surface area contributed by atoms with E-state index in [1.54, 1.807) is 31.2 Å². The topological polar surface area (TPSA) is 77.5 Å². The zero-order chi connectivity index (χ0) is 20.8. The lowest BCUT2D eigenvalue weighted by molar-refractivity contribution is -0.143. The van der Waals surface area contributed by atoms with Gasteiger partial charge in [0.2, 0.25) is 0 Å². The molecule has 3 aromatic rings. The first kappa shape index (κ1) is 20.5. The Bertz CT molecular complexity index is 984. The van der Waals surface area contributed by atoms with E-state index < -0.39 is 12.0 Å². The number of carbonyl (C=O) groups excluding carboxylic acids is 2. The lowest BCUT2D eigenvalue weighted by Gasteiger charge is -2.16. The van der Waals surface area contributed by atoms with Gasteiger partial charge in [0.15, 0.2) is 6.04 Å². The molecule has 7 heteroatoms. The number of nitrogens with zero attached hydrogens (tertiary/aromatic N) is 1. The zero-order valence-electron chi connectivity index (χ0n) is 16.5. The Morgan fingerprint density at radius 3 is 2.41 bits per heavy atom. The third-order valence-electron chi connectivity index (χ3n) is 4.26. The summed E-state index contributed by atoms with van der Waals surface area (Å²) >= 11 is 1.28. The monoisotopic (exact) mass is 410 g/mol. The van der Waals surface area contributed by atoms with Crippen LogP contribution >= 0.6 is 11.3 Å². The highest BCUT2D eigenvalue weighted by molar-refractivity contribution is 7.17. The molecule has 0 aliphatic rings. The summed E-state index contributed by atoms with van der Waals surface area (Å²) < 4.78 is 10.3. The fraction of sp³-hybridized carbons (Fsp3) is 0.227. The molecule has 29 heavy (non-hydrogen) atoms. The number of thiazole rings is 1. The van der Waals surface area contributed by atoms with E-state index in [0.29, 0.717) is 22.7 Å². The molecule has 1 amide bonds. The Morgan fingerprint density at radius 2 is 1.79 bits per heavy atom. The van der Waals surface area contributed by atoms with Gasteiger partial charge in [-0.15, -0.1) is 11.3 Å². The molecule has 0 fully saturated rings. The van der Waals surface area contributed by atoms with Gasteiger partial charge >= 0.3 is 5.97 Å². The number of rotatable bonds is 7. The van der Waals surface area contributed by atoms with Crippen molar-refractivity contribution in [2.45, 2.75) is 19.9 Å². The number of ether oxygens (including phenoxy) is 2. The largest absolute Gasteiger partial charge is 0.494 e. The number of amides is 1. The summed E-state index contributed by atoms with van der Waals surface area (Å²) in [5.41, 5.74) is 2.16. The minimum absolute atomic E-state index is 0.364. The van der Waals surface area contributed by atoms with E-state index in [0.717, 1.165) is 16.3 Å². The maximum absolute atomic E-state index is 12.9. The maximum atomic E-state index is 12.9. The van der Waals surface area contributed by atoms with Gasteiger partial charge in [-0.1, -0.05) is 30.3 Å². The van der Waals surface area contributed by atoms with Crippen molar-refractivity contribution in [1.29, 1.82) is 0 Å². The normalized spacial score (nSPS) is 11.6. The smallest absolute Gasteiger partial charge is 0.333 e. The first-order chi connectivity index (χ1) is 14.0. The highest BCUT2D eigenvalue weighted by Gasteiger charge is 2.26. The quantitative estimate of drug-likeness (QED) is 0.592. The third kappa shape index (κ3) is 4.81. The van der Waals surface area contributed by atoms with E-state index in [9.17, 15) is 9.59 Å². The second kappa shape index (κ2) is 9.34. The van der Waals surface area contributed by atoms with Crippen molar-refractivity contribution in [3.05, 3.63) is 70.7 Å². The molecule has 0 radical (unpaired) electrons. The van der Waals surface area contributed by atoms with Crippen LogP contribution in [-0.2, 0) is 9.53 Å². The maximum Gasteiger partial charge on any atom is 0.333 e. The van der Waals surface area contributed by atoms with Crippen molar-refractivity contribution in [2.24, 2.45) is 0 Å². The second-order valence-electron chi connectivity index (χ2n) is 6.23. The van der Waals surface area contributed by atoms with Crippen LogP contribution in [0.1, 0.15) is 33.9 Å². The molecule has 6 nitrogen and oxygen atoms in total. The summed E-state index contributed by atoms with van der Waals surface area (Å²) in [5, 5.41) is 3.50. The van der Waals surface area contributed by atoms with Crippen LogP contribution in [0, 0.1) is 6.92 Å². The molecule has 2 aromatic carbocycles. The summed E-state index contributed by atoms with van der Waals surface area (Å²) in [6.07, 6.45) is 0. The van der Waals surface area contributed by atoms with Gasteiger partial charge in [0, 0.05) is 5.56 Å². The number of hydrogen-bond donors (Lipinski definition) is 1. The first-order valence-corrected chi connectivity index (χ1v) is 9.99. The number of methoxy groups -OCH3 is 1. The number of aromatic nitrogens is 1. The van der Waals surface area contributed by atoms with E-state index in [-0.39, 0.29) is 5.91 Å². The van der Waals surface area contributed by atoms with Gasteiger partial charge in [0.05, 0.1) is 19.4 Å². The van der Waals surface area contributed by atoms with Crippen LogP contribution < -0.4 is 10.1 Å². The lowest BCUT2D eigenvalue weighted by atomic mass is 10.1. The molecule has 0 bridgehead atoms. The molecule has 1 heterocycles. The van der Waals surface area contributed by atoms with E-state index in [1.807, 2.05) is 37.3 Å². The molecular formula is C22H22N2O4S. The van der Waals surface area contributed by atoms with E-state index in [4.69, 9.17) is 9.47 Å². The Balaban J connectivity index is 1.82. The predicted molar refractivity (Wildman–Crippen MR) is 112 cm³/mol. The Kier molecular flexibility index (Phi) is 6.61. The molecule has 1 aromatic heterocycles. The molecule has 0 saturated heterocycles. The Labute approximate surface area is 173 Å². The summed E-state index contributed by atoms with van der Waals surface area (Å²) in [7, 11) is 1.30. The van der Waals surface area contributed by atoms with Crippen molar-refractivity contribution < 1.29 is 19.1 Å². The van der Waals surface area contributed by atoms with Gasteiger partial charge in [0.25, 0.3) is 5.91 Å². The van der Waals surface area contributed by atoms with Crippen LogP contribution in [-0.4, -0.2) is 30.6 Å². The fourth-order valence-corrected chi connectivity index (χ4v) is 3.80. The van der Waals surface area contributed by atoms with E-state index in [1.165, 1.54) is 18.4 Å². The van der Waals surface area contributed by atoms with Crippen LogP contribution in [0.2, 0.25) is 0 Å². The van der Waals surface area contributed by atoms with Gasteiger partial charge in [-0.2, -0.15) is 0 Å². The van der Waals surface area contributed by atoms with Crippen LogP contribution in [0.4, 0.5) is 0 Å². The molecule has 150 valence electrons. The van der Waals surface area contributed by atoms with Crippen LogP contribution in [0.15, 0.2) is 54.6 Å². The summed E-state index contributed by atoms with van der Waals surface area (Å²) in [6.45, 7) is 4.31. The number of nitrogens with one attached hydrogen (secondary N) is 1. The highest BCUT2D eigenvalue weighted by Crippen LogP contribution is 2.29. The van der Waals surface area contributed by atoms with Crippen LogP contribution in [0.25, 0.3) is 10.6 Å². The standard InChI is InChI=1S/C22H22N2O4S/c1-4-28-17-12-10-16(11-13-17)21-23-14(2)19(29-21)20(25)24-18(22(26)27-3)15-8-6-5-7-9-15/h5-13,18H,4H2,1-3H3,(H,24,25). The van der Waals surface area contributed by atoms with E-state index >= 15 is 0 Å². The predicted octanol–water partition coefficient (Wildman–Crippen LogP) is 4.16. The van der Waals surface area contributed by atoms with Crippen LogP contribution in [0.5, 0.6) is 5.75 Å². The molecule has 0 aliphatic heterocycles. The number of carbonyl (C=O) groups is 2. The molecule has 1 N–H and O–H groups in total. The van der Waals surface area contributed by atoms with Crippen LogP contribution in [0.3, 0.4) is 0 Å². The minimum atomic E-state index is -0.885. The number of aryl methyl sites for hydroxylation is 1. The fourth-order valence-electron chi connectivity index (χ4n) is 2.83. The van der Waals surface area contributed by atoms with Gasteiger partial charge < -0.3 is 14.8 Å². The minimum Gasteiger partial charge on any atom is -0.494 e. The molecular weight excluding hydrogens is 388 g/mol. The summed E-state index contributed by atoms with van der Waals surface area (Å²) in [5.74, 6) is -0.110. The molecule has 0 saturated carbocycles. The van der Waals surface area contributed by atoms with Gasteiger partial charge in [-0.3, -0.25) is 4.79 Å². The second-order valence-corrected chi connectivity index (χ2v) is 7.23. The summed E-state index contributed by atoms with van der Waals surface area (Å²) in [4.78, 5) is 30.1. The molecule has 1 unspecified atom stereocenters. The number of hydrogen-bond acceptors (Lipinski definition) is 6. The average Bonchev–Trinajstić information content (AvgIpc) is 3.14. The molecule has 0 spiro atoms. The Morgan fingerprint density at radius 1 is 1.10 bits per heavy atom. The zero-order valence-corrected chi connectivity index (χ0v) is 17.3. The van der Waals surface area contributed by atoms with Gasteiger partial charge in [-0.25, -0.2) is 9.78 Å². The first-order valence-electron chi connectivity index (χ1n) is 9.17. The third-order valence-corrected chi connectivity index (χ3v) is 5.47. The van der Waals surface area contributed by atoms with Crippen molar-refractivity contribution in [2.75, 3.05) is 13.7 Å². The van der Waals surface area contributed by atoms with Crippen molar-refractivity contribution >= 4 is 23.2 Å².